The second kappa shape index (κ2) is 10.9. The number of fused-ring (bicyclic) bond motifs is 10. The Morgan fingerprint density at radius 3 is 2.08 bits per heavy atom. The Morgan fingerprint density at radius 2 is 1.22 bits per heavy atom. The SMILES string of the molecule is [2H]c1c([2H])c([2H])c(-c2nc(-c3ccccc3)nc(-c3ccc4c(c3)sc3ccc(-n5c6ccccc6c6ccc7c8ccccc8oc7c65)cc34)n2)c([2H])c1[2H]. The van der Waals surface area contributed by atoms with Crippen LogP contribution >= 0.6 is 11.3 Å². The summed E-state index contributed by atoms with van der Waals surface area (Å²) in [6.07, 6.45) is 0. The minimum absolute atomic E-state index is 0.0108. The van der Waals surface area contributed by atoms with Crippen LogP contribution in [-0.4, -0.2) is 19.5 Å². The van der Waals surface area contributed by atoms with Gasteiger partial charge in [0.05, 0.1) is 17.9 Å². The van der Waals surface area contributed by atoms with Crippen LogP contribution in [0.2, 0.25) is 0 Å². The molecule has 0 spiro atoms. The van der Waals surface area contributed by atoms with Crippen molar-refractivity contribution in [2.75, 3.05) is 0 Å². The lowest BCUT2D eigenvalue weighted by Crippen LogP contribution is -1.99. The molecule has 0 aliphatic rings. The van der Waals surface area contributed by atoms with E-state index in [0.717, 1.165) is 69.6 Å². The molecule has 238 valence electrons. The first kappa shape index (κ1) is 23.7. The molecule has 51 heavy (non-hydrogen) atoms. The van der Waals surface area contributed by atoms with Gasteiger partial charge >= 0.3 is 0 Å². The molecule has 0 amide bonds. The number of para-hydroxylation sites is 2. The number of benzene rings is 7. The van der Waals surface area contributed by atoms with Crippen LogP contribution in [0.1, 0.15) is 6.85 Å². The predicted octanol–water partition coefficient (Wildman–Crippen LogP) is 12.2. The second-order valence-electron chi connectivity index (χ2n) is 12.5. The first-order valence-corrected chi connectivity index (χ1v) is 17.3. The van der Waals surface area contributed by atoms with E-state index in [4.69, 9.17) is 21.2 Å². The van der Waals surface area contributed by atoms with Crippen molar-refractivity contribution in [3.8, 4) is 39.9 Å². The van der Waals surface area contributed by atoms with Gasteiger partial charge in [0.1, 0.15) is 5.58 Å². The van der Waals surface area contributed by atoms with Gasteiger partial charge in [-0.1, -0.05) is 115 Å². The van der Waals surface area contributed by atoms with Crippen molar-refractivity contribution in [1.29, 1.82) is 0 Å². The zero-order chi connectivity index (χ0) is 37.8. The third kappa shape index (κ3) is 4.37. The number of hydrogen-bond acceptors (Lipinski definition) is 5. The summed E-state index contributed by atoms with van der Waals surface area (Å²) < 4.78 is 53.0. The van der Waals surface area contributed by atoms with E-state index in [1.807, 2.05) is 60.7 Å². The second-order valence-corrected chi connectivity index (χ2v) is 13.5. The quantitative estimate of drug-likeness (QED) is 0.186. The van der Waals surface area contributed by atoms with Crippen molar-refractivity contribution < 1.29 is 11.3 Å². The van der Waals surface area contributed by atoms with Gasteiger partial charge in [0.25, 0.3) is 0 Å². The van der Waals surface area contributed by atoms with E-state index in [1.165, 1.54) is 0 Å². The molecule has 11 aromatic rings. The molecular weight excluding hydrogens is 645 g/mol. The lowest BCUT2D eigenvalue weighted by atomic mass is 10.1. The van der Waals surface area contributed by atoms with E-state index in [0.29, 0.717) is 22.8 Å². The average molecular weight is 676 g/mol. The molecule has 0 radical (unpaired) electrons. The topological polar surface area (TPSA) is 56.7 Å². The molecule has 6 heteroatoms. The van der Waals surface area contributed by atoms with Gasteiger partial charge in [-0.3, -0.25) is 0 Å². The van der Waals surface area contributed by atoms with E-state index in [1.54, 1.807) is 11.3 Å². The fourth-order valence-corrected chi connectivity index (χ4v) is 8.36. The number of hydrogen-bond donors (Lipinski definition) is 0. The van der Waals surface area contributed by atoms with Crippen molar-refractivity contribution in [3.05, 3.63) is 158 Å². The number of furan rings is 1. The Morgan fingerprint density at radius 1 is 0.510 bits per heavy atom. The van der Waals surface area contributed by atoms with Crippen LogP contribution in [0.15, 0.2) is 162 Å². The number of nitrogens with zero attached hydrogens (tertiary/aromatic N) is 4. The van der Waals surface area contributed by atoms with E-state index >= 15 is 0 Å². The van der Waals surface area contributed by atoms with Gasteiger partial charge in [0.15, 0.2) is 23.1 Å². The average Bonchev–Trinajstić information content (AvgIpc) is 3.91. The van der Waals surface area contributed by atoms with Crippen molar-refractivity contribution in [1.82, 2.24) is 19.5 Å². The van der Waals surface area contributed by atoms with E-state index in [9.17, 15) is 0 Å². The molecular formula is C45H26N4OS. The summed E-state index contributed by atoms with van der Waals surface area (Å²) in [6.45, 7) is 0. The lowest BCUT2D eigenvalue weighted by molar-refractivity contribution is 0.671. The highest BCUT2D eigenvalue weighted by atomic mass is 32.1. The van der Waals surface area contributed by atoms with E-state index < -0.39 is 18.1 Å². The number of rotatable bonds is 4. The van der Waals surface area contributed by atoms with Gasteiger partial charge in [0, 0.05) is 64.1 Å². The largest absolute Gasteiger partial charge is 0.454 e. The lowest BCUT2D eigenvalue weighted by Gasteiger charge is -2.09. The molecule has 0 aliphatic heterocycles. The number of aromatic nitrogens is 4. The molecule has 7 aromatic carbocycles. The molecule has 0 saturated heterocycles. The molecule has 0 N–H and O–H groups in total. The Balaban J connectivity index is 1.10. The zero-order valence-electron chi connectivity index (χ0n) is 31.7. The Labute approximate surface area is 302 Å². The number of thiophene rings is 1. The minimum atomic E-state index is -0.472. The van der Waals surface area contributed by atoms with Crippen LogP contribution in [0.5, 0.6) is 0 Å². The fourth-order valence-electron chi connectivity index (χ4n) is 7.24. The smallest absolute Gasteiger partial charge is 0.164 e. The summed E-state index contributed by atoms with van der Waals surface area (Å²) >= 11 is 1.67. The molecule has 0 unspecified atom stereocenters. The van der Waals surface area contributed by atoms with Crippen LogP contribution in [0.4, 0.5) is 0 Å². The summed E-state index contributed by atoms with van der Waals surface area (Å²) in [5.41, 5.74) is 6.21. The van der Waals surface area contributed by atoms with Crippen LogP contribution in [0.3, 0.4) is 0 Å². The van der Waals surface area contributed by atoms with Crippen molar-refractivity contribution in [2.45, 2.75) is 0 Å². The third-order valence-corrected chi connectivity index (χ3v) is 10.7. The Kier molecular flexibility index (Phi) is 5.08. The van der Waals surface area contributed by atoms with E-state index in [-0.39, 0.29) is 23.5 Å². The van der Waals surface area contributed by atoms with Gasteiger partial charge < -0.3 is 8.98 Å². The van der Waals surface area contributed by atoms with Crippen molar-refractivity contribution in [3.63, 3.8) is 0 Å². The normalized spacial score (nSPS) is 13.3. The summed E-state index contributed by atoms with van der Waals surface area (Å²) in [4.78, 5) is 14.2. The minimum Gasteiger partial charge on any atom is -0.454 e. The monoisotopic (exact) mass is 675 g/mol. The highest BCUT2D eigenvalue weighted by Gasteiger charge is 2.20. The Bertz CT molecular complexity index is 3420. The maximum Gasteiger partial charge on any atom is 0.164 e. The van der Waals surface area contributed by atoms with Crippen molar-refractivity contribution in [2.24, 2.45) is 0 Å². The van der Waals surface area contributed by atoms with Crippen LogP contribution in [-0.2, 0) is 0 Å². The highest BCUT2D eigenvalue weighted by Crippen LogP contribution is 2.42. The maximum atomic E-state index is 8.64. The summed E-state index contributed by atoms with van der Waals surface area (Å²) in [6, 6.07) is 40.9. The third-order valence-electron chi connectivity index (χ3n) is 9.54. The molecule has 4 aromatic heterocycles. The van der Waals surface area contributed by atoms with Crippen LogP contribution in [0.25, 0.3) is 104 Å². The summed E-state index contributed by atoms with van der Waals surface area (Å²) in [7, 11) is 0. The first-order chi connectivity index (χ1) is 27.3. The predicted molar refractivity (Wildman–Crippen MR) is 211 cm³/mol. The van der Waals surface area contributed by atoms with Gasteiger partial charge in [0.2, 0.25) is 0 Å². The molecule has 4 heterocycles. The first-order valence-electron chi connectivity index (χ1n) is 19.0. The molecule has 0 atom stereocenters. The molecule has 0 bridgehead atoms. The standard InChI is InChI=1S/C45H26N4OS/c1-3-11-27(12-4-1)43-46-44(28-13-5-2-6-14-28)48-45(47-43)29-19-21-33-36-26-30(20-24-39(36)51-40(33)25-29)49-37-17-9-7-15-31(37)34-22-23-35-32-16-8-10-18-38(32)50-42(35)41(34)49/h1-26H/i1D,3D,4D,11D,12D. The maximum absolute atomic E-state index is 8.64. The van der Waals surface area contributed by atoms with E-state index in [2.05, 4.69) is 76.3 Å². The zero-order valence-corrected chi connectivity index (χ0v) is 27.5. The highest BCUT2D eigenvalue weighted by molar-refractivity contribution is 7.25. The van der Waals surface area contributed by atoms with Gasteiger partial charge in [-0.05, 0) is 42.5 Å². The molecule has 0 aliphatic carbocycles. The molecule has 0 saturated carbocycles. The van der Waals surface area contributed by atoms with Gasteiger partial charge in [-0.25, -0.2) is 15.0 Å². The molecule has 5 nitrogen and oxygen atoms in total. The van der Waals surface area contributed by atoms with Crippen molar-refractivity contribution >= 4 is 75.3 Å². The van der Waals surface area contributed by atoms with Gasteiger partial charge in [-0.15, -0.1) is 11.3 Å². The van der Waals surface area contributed by atoms with Crippen LogP contribution in [0, 0.1) is 0 Å². The molecule has 0 fully saturated rings. The van der Waals surface area contributed by atoms with Gasteiger partial charge in [-0.2, -0.15) is 0 Å². The Hall–Kier alpha value is -6.63. The van der Waals surface area contributed by atoms with Crippen LogP contribution < -0.4 is 0 Å². The fraction of sp³-hybridized carbons (Fsp3) is 0. The summed E-state index contributed by atoms with van der Waals surface area (Å²) in [5, 5.41) is 6.63. The molecule has 11 rings (SSSR count). The summed E-state index contributed by atoms with van der Waals surface area (Å²) in [5.74, 6) is 0.681.